The van der Waals surface area contributed by atoms with Crippen molar-refractivity contribution in [2.24, 2.45) is 17.8 Å². The SMILES string of the molecule is Cc1cc(NC(=O)C2CCC(C(=O)NCCC(C)C)CC2)no1. The minimum Gasteiger partial charge on any atom is -0.360 e. The van der Waals surface area contributed by atoms with Gasteiger partial charge in [0.2, 0.25) is 11.8 Å². The summed E-state index contributed by atoms with van der Waals surface area (Å²) in [5.41, 5.74) is 0. The lowest BCUT2D eigenvalue weighted by atomic mass is 9.81. The molecule has 1 aliphatic rings. The second-order valence-electron chi connectivity index (χ2n) is 6.83. The van der Waals surface area contributed by atoms with Crippen LogP contribution in [0, 0.1) is 24.7 Å². The smallest absolute Gasteiger partial charge is 0.228 e. The fraction of sp³-hybridized carbons (Fsp3) is 0.706. The van der Waals surface area contributed by atoms with Crippen LogP contribution < -0.4 is 10.6 Å². The molecular weight excluding hydrogens is 294 g/mol. The fourth-order valence-corrected chi connectivity index (χ4v) is 2.90. The standard InChI is InChI=1S/C17H27N3O3/c1-11(2)8-9-18-16(21)13-4-6-14(7-5-13)17(22)19-15-10-12(3)23-20-15/h10-11,13-14H,4-9H2,1-3H3,(H,18,21)(H,19,20,22). The molecule has 1 fully saturated rings. The van der Waals surface area contributed by atoms with Crippen molar-refractivity contribution in [1.29, 1.82) is 0 Å². The number of carbonyl (C=O) groups excluding carboxylic acids is 2. The quantitative estimate of drug-likeness (QED) is 0.844. The molecule has 2 rings (SSSR count). The Morgan fingerprint density at radius 1 is 1.22 bits per heavy atom. The van der Waals surface area contributed by atoms with E-state index in [9.17, 15) is 9.59 Å². The van der Waals surface area contributed by atoms with Gasteiger partial charge >= 0.3 is 0 Å². The predicted octanol–water partition coefficient (Wildman–Crippen LogP) is 2.89. The Bertz CT molecular complexity index is 531. The molecular formula is C17H27N3O3. The zero-order chi connectivity index (χ0) is 16.8. The summed E-state index contributed by atoms with van der Waals surface area (Å²) in [5.74, 6) is 1.82. The van der Waals surface area contributed by atoms with E-state index in [4.69, 9.17) is 4.52 Å². The molecule has 1 heterocycles. The van der Waals surface area contributed by atoms with E-state index in [0.717, 1.165) is 38.6 Å². The highest BCUT2D eigenvalue weighted by molar-refractivity contribution is 5.91. The minimum absolute atomic E-state index is 0.0306. The zero-order valence-corrected chi connectivity index (χ0v) is 14.2. The van der Waals surface area contributed by atoms with E-state index < -0.39 is 0 Å². The number of hydrogen-bond acceptors (Lipinski definition) is 4. The van der Waals surface area contributed by atoms with E-state index in [-0.39, 0.29) is 23.7 Å². The van der Waals surface area contributed by atoms with Gasteiger partial charge in [0.25, 0.3) is 0 Å². The van der Waals surface area contributed by atoms with E-state index in [0.29, 0.717) is 17.5 Å². The number of anilines is 1. The first kappa shape index (κ1) is 17.5. The summed E-state index contributed by atoms with van der Waals surface area (Å²) in [4.78, 5) is 24.3. The molecule has 0 aliphatic heterocycles. The second-order valence-corrected chi connectivity index (χ2v) is 6.83. The Kier molecular flexibility index (Phi) is 6.19. The van der Waals surface area contributed by atoms with Gasteiger partial charge in [-0.15, -0.1) is 0 Å². The molecule has 0 unspecified atom stereocenters. The second kappa shape index (κ2) is 8.13. The van der Waals surface area contributed by atoms with Crippen molar-refractivity contribution in [2.75, 3.05) is 11.9 Å². The van der Waals surface area contributed by atoms with E-state index >= 15 is 0 Å². The van der Waals surface area contributed by atoms with E-state index in [1.54, 1.807) is 13.0 Å². The lowest BCUT2D eigenvalue weighted by Crippen LogP contribution is -2.36. The van der Waals surface area contributed by atoms with Gasteiger partial charge in [0.1, 0.15) is 5.76 Å². The highest BCUT2D eigenvalue weighted by Crippen LogP contribution is 2.29. The molecule has 0 aromatic carbocycles. The van der Waals surface area contributed by atoms with Gasteiger partial charge in [0.15, 0.2) is 5.82 Å². The van der Waals surface area contributed by atoms with Crippen LogP contribution in [0.1, 0.15) is 51.7 Å². The Morgan fingerprint density at radius 3 is 2.35 bits per heavy atom. The number of aromatic nitrogens is 1. The average Bonchev–Trinajstić information content (AvgIpc) is 2.92. The number of amides is 2. The molecule has 0 spiro atoms. The van der Waals surface area contributed by atoms with E-state index in [2.05, 4.69) is 29.6 Å². The molecule has 2 N–H and O–H groups in total. The van der Waals surface area contributed by atoms with Crippen molar-refractivity contribution in [3.8, 4) is 0 Å². The van der Waals surface area contributed by atoms with Crippen molar-refractivity contribution >= 4 is 17.6 Å². The van der Waals surface area contributed by atoms with E-state index in [1.165, 1.54) is 0 Å². The Morgan fingerprint density at radius 2 is 1.83 bits per heavy atom. The molecule has 1 saturated carbocycles. The van der Waals surface area contributed by atoms with Gasteiger partial charge in [0.05, 0.1) is 0 Å². The minimum atomic E-state index is -0.0493. The van der Waals surface area contributed by atoms with E-state index in [1.807, 2.05) is 0 Å². The van der Waals surface area contributed by atoms with Crippen LogP contribution in [0.3, 0.4) is 0 Å². The Balaban J connectivity index is 1.72. The van der Waals surface area contributed by atoms with Gasteiger partial charge in [-0.1, -0.05) is 19.0 Å². The van der Waals surface area contributed by atoms with Gasteiger partial charge in [0, 0.05) is 24.4 Å². The summed E-state index contributed by atoms with van der Waals surface area (Å²) in [6.07, 6.45) is 4.02. The van der Waals surface area contributed by atoms with Crippen LogP contribution in [0.5, 0.6) is 0 Å². The lowest BCUT2D eigenvalue weighted by molar-refractivity contribution is -0.128. The summed E-state index contributed by atoms with van der Waals surface area (Å²) < 4.78 is 4.94. The van der Waals surface area contributed by atoms with Gasteiger partial charge in [-0.05, 0) is 44.9 Å². The lowest BCUT2D eigenvalue weighted by Gasteiger charge is -2.26. The molecule has 0 radical (unpaired) electrons. The Labute approximate surface area is 137 Å². The molecule has 6 nitrogen and oxygen atoms in total. The molecule has 0 bridgehead atoms. The van der Waals surface area contributed by atoms with Crippen LogP contribution in [0.4, 0.5) is 5.82 Å². The van der Waals surface area contributed by atoms with Crippen LogP contribution in [0.2, 0.25) is 0 Å². The van der Waals surface area contributed by atoms with Crippen molar-refractivity contribution in [2.45, 2.75) is 52.9 Å². The van der Waals surface area contributed by atoms with Crippen LogP contribution in [0.25, 0.3) is 0 Å². The summed E-state index contributed by atoms with van der Waals surface area (Å²) >= 11 is 0. The van der Waals surface area contributed by atoms with Gasteiger partial charge in [-0.25, -0.2) is 0 Å². The molecule has 1 aliphatic carbocycles. The van der Waals surface area contributed by atoms with Gasteiger partial charge < -0.3 is 15.2 Å². The summed E-state index contributed by atoms with van der Waals surface area (Å²) in [6.45, 7) is 6.81. The van der Waals surface area contributed by atoms with Crippen molar-refractivity contribution < 1.29 is 14.1 Å². The van der Waals surface area contributed by atoms with Crippen LogP contribution in [0.15, 0.2) is 10.6 Å². The van der Waals surface area contributed by atoms with Crippen LogP contribution >= 0.6 is 0 Å². The maximum Gasteiger partial charge on any atom is 0.228 e. The molecule has 1 aromatic rings. The zero-order valence-electron chi connectivity index (χ0n) is 14.2. The molecule has 2 amide bonds. The Hall–Kier alpha value is -1.85. The number of nitrogens with one attached hydrogen (secondary N) is 2. The molecule has 23 heavy (non-hydrogen) atoms. The third-order valence-electron chi connectivity index (χ3n) is 4.37. The first-order valence-electron chi connectivity index (χ1n) is 8.47. The van der Waals surface area contributed by atoms with Gasteiger partial charge in [-0.3, -0.25) is 9.59 Å². The molecule has 1 aromatic heterocycles. The van der Waals surface area contributed by atoms with Crippen molar-refractivity contribution in [3.63, 3.8) is 0 Å². The summed E-state index contributed by atoms with van der Waals surface area (Å²) in [6, 6.07) is 1.70. The average molecular weight is 321 g/mol. The number of nitrogens with zero attached hydrogens (tertiary/aromatic N) is 1. The number of aryl methyl sites for hydroxylation is 1. The molecule has 6 heteroatoms. The fourth-order valence-electron chi connectivity index (χ4n) is 2.90. The third kappa shape index (κ3) is 5.37. The summed E-state index contributed by atoms with van der Waals surface area (Å²) in [7, 11) is 0. The van der Waals surface area contributed by atoms with Crippen molar-refractivity contribution in [3.05, 3.63) is 11.8 Å². The molecule has 0 saturated heterocycles. The monoisotopic (exact) mass is 321 g/mol. The molecule has 0 atom stereocenters. The number of rotatable bonds is 6. The van der Waals surface area contributed by atoms with Gasteiger partial charge in [-0.2, -0.15) is 0 Å². The first-order chi connectivity index (χ1) is 11.0. The highest BCUT2D eigenvalue weighted by Gasteiger charge is 2.30. The maximum atomic E-state index is 12.2. The third-order valence-corrected chi connectivity index (χ3v) is 4.37. The molecule has 128 valence electrons. The van der Waals surface area contributed by atoms with Crippen LogP contribution in [-0.4, -0.2) is 23.5 Å². The highest BCUT2D eigenvalue weighted by atomic mass is 16.5. The number of carbonyl (C=O) groups is 2. The number of hydrogen-bond donors (Lipinski definition) is 2. The van der Waals surface area contributed by atoms with Crippen LogP contribution in [-0.2, 0) is 9.59 Å². The van der Waals surface area contributed by atoms with Crippen molar-refractivity contribution in [1.82, 2.24) is 10.5 Å². The normalized spacial score (nSPS) is 21.2. The predicted molar refractivity (Wildman–Crippen MR) is 87.8 cm³/mol. The summed E-state index contributed by atoms with van der Waals surface area (Å²) in [5, 5.41) is 9.56. The topological polar surface area (TPSA) is 84.2 Å². The largest absolute Gasteiger partial charge is 0.360 e. The maximum absolute atomic E-state index is 12.2. The first-order valence-corrected chi connectivity index (χ1v) is 8.47.